The van der Waals surface area contributed by atoms with Gasteiger partial charge in [0.1, 0.15) is 5.75 Å². The van der Waals surface area contributed by atoms with E-state index in [-0.39, 0.29) is 11.6 Å². The Morgan fingerprint density at radius 1 is 1.19 bits per heavy atom. The lowest BCUT2D eigenvalue weighted by Gasteiger charge is -2.26. The lowest BCUT2D eigenvalue weighted by molar-refractivity contribution is -0.384. The fourth-order valence-corrected chi connectivity index (χ4v) is 2.62. The standard InChI is InChI=1S/C20H22N2O4/c1-20(2,14-16-6-4-5-7-18(16)26-3)21-19(23)13-10-15-8-11-17(12-9-15)22(24)25/h4-13H,14H2,1-3H3,(H,21,23)/b13-10+. The van der Waals surface area contributed by atoms with Crippen molar-refractivity contribution in [1.29, 1.82) is 0 Å². The Bertz CT molecular complexity index is 811. The summed E-state index contributed by atoms with van der Waals surface area (Å²) < 4.78 is 5.35. The molecule has 0 saturated carbocycles. The number of ether oxygens (including phenoxy) is 1. The van der Waals surface area contributed by atoms with Crippen molar-refractivity contribution in [3.63, 3.8) is 0 Å². The summed E-state index contributed by atoms with van der Waals surface area (Å²) >= 11 is 0. The van der Waals surface area contributed by atoms with Crippen molar-refractivity contribution in [3.05, 3.63) is 75.8 Å². The van der Waals surface area contributed by atoms with E-state index in [0.29, 0.717) is 12.0 Å². The van der Waals surface area contributed by atoms with Crippen LogP contribution in [0.3, 0.4) is 0 Å². The number of methoxy groups -OCH3 is 1. The van der Waals surface area contributed by atoms with Gasteiger partial charge < -0.3 is 10.1 Å². The van der Waals surface area contributed by atoms with Gasteiger partial charge in [-0.25, -0.2) is 0 Å². The van der Waals surface area contributed by atoms with Gasteiger partial charge in [0.05, 0.1) is 12.0 Å². The molecule has 0 aliphatic carbocycles. The number of carbonyl (C=O) groups excluding carboxylic acids is 1. The van der Waals surface area contributed by atoms with Crippen molar-refractivity contribution in [3.8, 4) is 5.75 Å². The minimum Gasteiger partial charge on any atom is -0.496 e. The van der Waals surface area contributed by atoms with Crippen molar-refractivity contribution in [2.75, 3.05) is 7.11 Å². The summed E-state index contributed by atoms with van der Waals surface area (Å²) in [6.07, 6.45) is 3.66. The molecule has 0 aliphatic rings. The van der Waals surface area contributed by atoms with Gasteiger partial charge in [-0.05, 0) is 55.7 Å². The van der Waals surface area contributed by atoms with Crippen LogP contribution < -0.4 is 10.1 Å². The van der Waals surface area contributed by atoms with Crippen LogP contribution in [0, 0.1) is 10.1 Å². The van der Waals surface area contributed by atoms with Gasteiger partial charge in [0.25, 0.3) is 5.69 Å². The number of nitro groups is 1. The summed E-state index contributed by atoms with van der Waals surface area (Å²) in [7, 11) is 1.62. The number of carbonyl (C=O) groups is 1. The van der Waals surface area contributed by atoms with E-state index < -0.39 is 10.5 Å². The molecule has 0 heterocycles. The van der Waals surface area contributed by atoms with Gasteiger partial charge in [0.2, 0.25) is 5.91 Å². The minimum absolute atomic E-state index is 0.0181. The lowest BCUT2D eigenvalue weighted by Crippen LogP contribution is -2.44. The maximum absolute atomic E-state index is 12.2. The van der Waals surface area contributed by atoms with E-state index in [2.05, 4.69) is 5.32 Å². The molecule has 0 spiro atoms. The molecule has 0 unspecified atom stereocenters. The van der Waals surface area contributed by atoms with Gasteiger partial charge in [-0.3, -0.25) is 14.9 Å². The molecule has 1 N–H and O–H groups in total. The molecule has 2 aromatic carbocycles. The van der Waals surface area contributed by atoms with Crippen LogP contribution in [0.5, 0.6) is 5.75 Å². The van der Waals surface area contributed by atoms with E-state index in [9.17, 15) is 14.9 Å². The van der Waals surface area contributed by atoms with Crippen molar-refractivity contribution in [2.24, 2.45) is 0 Å². The number of nitrogens with zero attached hydrogens (tertiary/aromatic N) is 1. The van der Waals surface area contributed by atoms with Crippen LogP contribution >= 0.6 is 0 Å². The maximum atomic E-state index is 12.2. The van der Waals surface area contributed by atoms with E-state index in [1.54, 1.807) is 25.3 Å². The Hall–Kier alpha value is -3.15. The van der Waals surface area contributed by atoms with E-state index >= 15 is 0 Å². The summed E-state index contributed by atoms with van der Waals surface area (Å²) in [5.74, 6) is 0.555. The second-order valence-corrected chi connectivity index (χ2v) is 6.54. The predicted octanol–water partition coefficient (Wildman–Crippen LogP) is 3.75. The van der Waals surface area contributed by atoms with E-state index in [1.165, 1.54) is 18.2 Å². The normalized spacial score (nSPS) is 11.3. The molecular formula is C20H22N2O4. The Balaban J connectivity index is 2.00. The Labute approximate surface area is 152 Å². The third kappa shape index (κ3) is 5.44. The van der Waals surface area contributed by atoms with Crippen LogP contribution in [-0.4, -0.2) is 23.5 Å². The topological polar surface area (TPSA) is 81.5 Å². The highest BCUT2D eigenvalue weighted by molar-refractivity contribution is 5.92. The molecule has 2 aromatic rings. The van der Waals surface area contributed by atoms with Gasteiger partial charge in [0.15, 0.2) is 0 Å². The number of nitrogens with one attached hydrogen (secondary N) is 1. The van der Waals surface area contributed by atoms with Gasteiger partial charge in [-0.15, -0.1) is 0 Å². The number of non-ortho nitro benzene ring substituents is 1. The van der Waals surface area contributed by atoms with Gasteiger partial charge in [0, 0.05) is 23.7 Å². The average Bonchev–Trinajstić information content (AvgIpc) is 2.60. The quantitative estimate of drug-likeness (QED) is 0.466. The fourth-order valence-electron chi connectivity index (χ4n) is 2.62. The first-order valence-electron chi connectivity index (χ1n) is 8.17. The van der Waals surface area contributed by atoms with Gasteiger partial charge >= 0.3 is 0 Å². The number of para-hydroxylation sites is 1. The molecule has 6 nitrogen and oxygen atoms in total. The average molecular weight is 354 g/mol. The summed E-state index contributed by atoms with van der Waals surface area (Å²) in [5, 5.41) is 13.6. The smallest absolute Gasteiger partial charge is 0.269 e. The molecule has 0 fully saturated rings. The van der Waals surface area contributed by atoms with Crippen molar-refractivity contribution in [2.45, 2.75) is 25.8 Å². The first kappa shape index (κ1) is 19.2. The molecule has 0 bridgehead atoms. The van der Waals surface area contributed by atoms with Gasteiger partial charge in [-0.2, -0.15) is 0 Å². The first-order valence-corrected chi connectivity index (χ1v) is 8.17. The Morgan fingerprint density at radius 2 is 1.85 bits per heavy atom. The van der Waals surface area contributed by atoms with Crippen LogP contribution in [0.15, 0.2) is 54.6 Å². The third-order valence-corrected chi connectivity index (χ3v) is 3.82. The molecule has 0 radical (unpaired) electrons. The van der Waals surface area contributed by atoms with E-state index in [1.807, 2.05) is 38.1 Å². The number of hydrogen-bond acceptors (Lipinski definition) is 4. The van der Waals surface area contributed by atoms with Gasteiger partial charge in [-0.1, -0.05) is 18.2 Å². The highest BCUT2D eigenvalue weighted by Crippen LogP contribution is 2.22. The maximum Gasteiger partial charge on any atom is 0.269 e. The molecule has 2 rings (SSSR count). The largest absolute Gasteiger partial charge is 0.496 e. The van der Waals surface area contributed by atoms with Crippen molar-refractivity contribution in [1.82, 2.24) is 5.32 Å². The predicted molar refractivity (Wildman–Crippen MR) is 101 cm³/mol. The Morgan fingerprint density at radius 3 is 2.46 bits per heavy atom. The number of rotatable bonds is 7. The third-order valence-electron chi connectivity index (χ3n) is 3.82. The zero-order chi connectivity index (χ0) is 19.2. The Kier molecular flexibility index (Phi) is 6.11. The van der Waals surface area contributed by atoms with Crippen LogP contribution in [0.2, 0.25) is 0 Å². The second-order valence-electron chi connectivity index (χ2n) is 6.54. The zero-order valence-electron chi connectivity index (χ0n) is 15.1. The van der Waals surface area contributed by atoms with Crippen LogP contribution in [-0.2, 0) is 11.2 Å². The molecule has 0 atom stereocenters. The van der Waals surface area contributed by atoms with Crippen LogP contribution in [0.1, 0.15) is 25.0 Å². The monoisotopic (exact) mass is 354 g/mol. The highest BCUT2D eigenvalue weighted by Gasteiger charge is 2.21. The SMILES string of the molecule is COc1ccccc1CC(C)(C)NC(=O)/C=C/c1ccc([N+](=O)[O-])cc1. The highest BCUT2D eigenvalue weighted by atomic mass is 16.6. The van der Waals surface area contributed by atoms with E-state index in [0.717, 1.165) is 11.3 Å². The second kappa shape index (κ2) is 8.29. The van der Waals surface area contributed by atoms with Crippen LogP contribution in [0.4, 0.5) is 5.69 Å². The van der Waals surface area contributed by atoms with Crippen molar-refractivity contribution < 1.29 is 14.5 Å². The number of hydrogen-bond donors (Lipinski definition) is 1. The summed E-state index contributed by atoms with van der Waals surface area (Å²) in [6, 6.07) is 13.7. The number of amides is 1. The number of nitro benzene ring substituents is 1. The zero-order valence-corrected chi connectivity index (χ0v) is 15.1. The fraction of sp³-hybridized carbons (Fsp3) is 0.250. The van der Waals surface area contributed by atoms with E-state index in [4.69, 9.17) is 4.74 Å². The molecule has 6 heteroatoms. The molecule has 0 aromatic heterocycles. The minimum atomic E-state index is -0.467. The summed E-state index contributed by atoms with van der Waals surface area (Å²) in [4.78, 5) is 22.4. The lowest BCUT2D eigenvalue weighted by atomic mass is 9.94. The molecule has 0 saturated heterocycles. The molecule has 0 aliphatic heterocycles. The number of benzene rings is 2. The first-order chi connectivity index (χ1) is 12.3. The summed E-state index contributed by atoms with van der Waals surface area (Å²) in [5.41, 5.74) is 1.28. The molecular weight excluding hydrogens is 332 g/mol. The van der Waals surface area contributed by atoms with Crippen molar-refractivity contribution >= 4 is 17.7 Å². The summed E-state index contributed by atoms with van der Waals surface area (Å²) in [6.45, 7) is 3.88. The molecule has 1 amide bonds. The molecule has 26 heavy (non-hydrogen) atoms. The van der Waals surface area contributed by atoms with Crippen LogP contribution in [0.25, 0.3) is 6.08 Å². The molecule has 136 valence electrons.